The summed E-state index contributed by atoms with van der Waals surface area (Å²) in [5, 5.41) is 3.34. The average molecular weight is 259 g/mol. The standard InChI is InChI=1S/C15H21N3O/c1-4-16-9-13-10-17-8-7-15(13)18(3)11-14-6-5-12(2)19-14/h5-8,10,16H,4,9,11H2,1-3H3. The minimum Gasteiger partial charge on any atom is -0.464 e. The van der Waals surface area contributed by atoms with Gasteiger partial charge in [0, 0.05) is 37.2 Å². The third-order valence-corrected chi connectivity index (χ3v) is 3.04. The highest BCUT2D eigenvalue weighted by Gasteiger charge is 2.09. The molecule has 0 aliphatic rings. The van der Waals surface area contributed by atoms with Crippen LogP contribution in [0.4, 0.5) is 5.69 Å². The first-order valence-electron chi connectivity index (χ1n) is 6.60. The fourth-order valence-corrected chi connectivity index (χ4v) is 2.08. The van der Waals surface area contributed by atoms with Crippen LogP contribution in [0.15, 0.2) is 35.0 Å². The Morgan fingerprint density at radius 3 is 2.84 bits per heavy atom. The summed E-state index contributed by atoms with van der Waals surface area (Å²) in [6.45, 7) is 6.62. The Bertz CT molecular complexity index is 522. The van der Waals surface area contributed by atoms with E-state index in [4.69, 9.17) is 4.42 Å². The molecule has 0 radical (unpaired) electrons. The topological polar surface area (TPSA) is 41.3 Å². The van der Waals surface area contributed by atoms with Gasteiger partial charge >= 0.3 is 0 Å². The van der Waals surface area contributed by atoms with E-state index in [-0.39, 0.29) is 0 Å². The van der Waals surface area contributed by atoms with Crippen molar-refractivity contribution in [3.63, 3.8) is 0 Å². The third-order valence-electron chi connectivity index (χ3n) is 3.04. The lowest BCUT2D eigenvalue weighted by Crippen LogP contribution is -2.20. The number of furan rings is 1. The third kappa shape index (κ3) is 3.58. The van der Waals surface area contributed by atoms with Gasteiger partial charge in [-0.1, -0.05) is 6.92 Å². The molecule has 0 saturated heterocycles. The molecule has 1 N–H and O–H groups in total. The normalized spacial score (nSPS) is 10.7. The zero-order valence-corrected chi connectivity index (χ0v) is 11.8. The number of pyridine rings is 1. The fraction of sp³-hybridized carbons (Fsp3) is 0.400. The summed E-state index contributed by atoms with van der Waals surface area (Å²) >= 11 is 0. The van der Waals surface area contributed by atoms with Crippen LogP contribution in [0.2, 0.25) is 0 Å². The Balaban J connectivity index is 2.11. The van der Waals surface area contributed by atoms with Crippen LogP contribution >= 0.6 is 0 Å². The van der Waals surface area contributed by atoms with Gasteiger partial charge in [0.15, 0.2) is 0 Å². The van der Waals surface area contributed by atoms with Gasteiger partial charge in [0.2, 0.25) is 0 Å². The van der Waals surface area contributed by atoms with Crippen LogP contribution < -0.4 is 10.2 Å². The van der Waals surface area contributed by atoms with E-state index >= 15 is 0 Å². The highest BCUT2D eigenvalue weighted by Crippen LogP contribution is 2.20. The van der Waals surface area contributed by atoms with Crippen molar-refractivity contribution in [1.29, 1.82) is 0 Å². The maximum atomic E-state index is 5.62. The van der Waals surface area contributed by atoms with E-state index in [0.717, 1.165) is 31.2 Å². The summed E-state index contributed by atoms with van der Waals surface area (Å²) in [7, 11) is 2.07. The predicted octanol–water partition coefficient (Wildman–Crippen LogP) is 2.73. The number of hydrogen-bond donors (Lipinski definition) is 1. The Morgan fingerprint density at radius 2 is 2.16 bits per heavy atom. The summed E-state index contributed by atoms with van der Waals surface area (Å²) in [6, 6.07) is 6.06. The Hall–Kier alpha value is -1.81. The summed E-state index contributed by atoms with van der Waals surface area (Å²) in [6.07, 6.45) is 3.75. The van der Waals surface area contributed by atoms with E-state index < -0.39 is 0 Å². The maximum absolute atomic E-state index is 5.62. The lowest BCUT2D eigenvalue weighted by Gasteiger charge is -2.21. The molecule has 0 aliphatic heterocycles. The largest absolute Gasteiger partial charge is 0.464 e. The number of aromatic nitrogens is 1. The van der Waals surface area contributed by atoms with Gasteiger partial charge in [-0.15, -0.1) is 0 Å². The van der Waals surface area contributed by atoms with Crippen molar-refractivity contribution in [2.45, 2.75) is 26.9 Å². The molecule has 0 atom stereocenters. The summed E-state index contributed by atoms with van der Waals surface area (Å²) in [4.78, 5) is 6.39. The number of hydrogen-bond acceptors (Lipinski definition) is 4. The molecule has 19 heavy (non-hydrogen) atoms. The van der Waals surface area contributed by atoms with Gasteiger partial charge in [-0.3, -0.25) is 4.98 Å². The first-order valence-corrected chi connectivity index (χ1v) is 6.60. The Labute approximate surface area is 114 Å². The highest BCUT2D eigenvalue weighted by atomic mass is 16.3. The quantitative estimate of drug-likeness (QED) is 0.866. The Morgan fingerprint density at radius 1 is 1.32 bits per heavy atom. The predicted molar refractivity (Wildman–Crippen MR) is 77.2 cm³/mol. The second kappa shape index (κ2) is 6.38. The smallest absolute Gasteiger partial charge is 0.123 e. The van der Waals surface area contributed by atoms with Crippen molar-refractivity contribution in [2.75, 3.05) is 18.5 Å². The van der Waals surface area contributed by atoms with Crippen molar-refractivity contribution in [2.24, 2.45) is 0 Å². The SMILES string of the molecule is CCNCc1cnccc1N(C)Cc1ccc(C)o1. The average Bonchev–Trinajstić information content (AvgIpc) is 2.82. The summed E-state index contributed by atoms with van der Waals surface area (Å²) in [5.74, 6) is 1.93. The van der Waals surface area contributed by atoms with Gasteiger partial charge in [0.25, 0.3) is 0 Å². The molecule has 2 rings (SSSR count). The fourth-order valence-electron chi connectivity index (χ4n) is 2.08. The second-order valence-corrected chi connectivity index (χ2v) is 4.65. The lowest BCUT2D eigenvalue weighted by atomic mass is 10.2. The zero-order valence-electron chi connectivity index (χ0n) is 11.8. The van der Waals surface area contributed by atoms with Crippen molar-refractivity contribution in [1.82, 2.24) is 10.3 Å². The number of nitrogens with zero attached hydrogens (tertiary/aromatic N) is 2. The molecule has 4 nitrogen and oxygen atoms in total. The molecule has 0 aromatic carbocycles. The van der Waals surface area contributed by atoms with Crippen LogP contribution in [-0.4, -0.2) is 18.6 Å². The van der Waals surface area contributed by atoms with Crippen molar-refractivity contribution in [3.05, 3.63) is 47.7 Å². The second-order valence-electron chi connectivity index (χ2n) is 4.65. The van der Waals surface area contributed by atoms with Crippen LogP contribution in [0.3, 0.4) is 0 Å². The van der Waals surface area contributed by atoms with Crippen LogP contribution in [-0.2, 0) is 13.1 Å². The summed E-state index contributed by atoms with van der Waals surface area (Å²) in [5.41, 5.74) is 2.39. The van der Waals surface area contributed by atoms with Gasteiger partial charge in [-0.25, -0.2) is 0 Å². The zero-order chi connectivity index (χ0) is 13.7. The first kappa shape index (κ1) is 13.6. The number of aryl methyl sites for hydroxylation is 1. The van der Waals surface area contributed by atoms with Crippen LogP contribution in [0.1, 0.15) is 24.0 Å². The molecule has 2 heterocycles. The first-order chi connectivity index (χ1) is 9.20. The molecule has 2 aromatic rings. The molecule has 0 aliphatic carbocycles. The van der Waals surface area contributed by atoms with E-state index in [1.54, 1.807) is 0 Å². The monoisotopic (exact) mass is 259 g/mol. The molecule has 0 bridgehead atoms. The van der Waals surface area contributed by atoms with E-state index in [9.17, 15) is 0 Å². The summed E-state index contributed by atoms with van der Waals surface area (Å²) < 4.78 is 5.62. The van der Waals surface area contributed by atoms with Gasteiger partial charge in [0.1, 0.15) is 11.5 Å². The van der Waals surface area contributed by atoms with Crippen molar-refractivity contribution >= 4 is 5.69 Å². The number of anilines is 1. The minimum atomic E-state index is 0.761. The van der Waals surface area contributed by atoms with Gasteiger partial charge in [-0.05, 0) is 31.7 Å². The maximum Gasteiger partial charge on any atom is 0.123 e. The van der Waals surface area contributed by atoms with Crippen molar-refractivity contribution in [3.8, 4) is 0 Å². The molecule has 102 valence electrons. The van der Waals surface area contributed by atoms with E-state index in [2.05, 4.69) is 29.2 Å². The van der Waals surface area contributed by atoms with Gasteiger partial charge in [0.05, 0.1) is 6.54 Å². The molecule has 0 fully saturated rings. The molecule has 0 spiro atoms. The van der Waals surface area contributed by atoms with E-state index in [1.165, 1.54) is 11.3 Å². The van der Waals surface area contributed by atoms with Crippen LogP contribution in [0, 0.1) is 6.92 Å². The number of rotatable bonds is 6. The van der Waals surface area contributed by atoms with Gasteiger partial charge < -0.3 is 14.6 Å². The number of nitrogens with one attached hydrogen (secondary N) is 1. The molecule has 0 saturated carbocycles. The molecule has 0 unspecified atom stereocenters. The molecule has 2 aromatic heterocycles. The molecular weight excluding hydrogens is 238 g/mol. The van der Waals surface area contributed by atoms with Crippen molar-refractivity contribution < 1.29 is 4.42 Å². The minimum absolute atomic E-state index is 0.761. The van der Waals surface area contributed by atoms with Crippen LogP contribution in [0.25, 0.3) is 0 Å². The van der Waals surface area contributed by atoms with Gasteiger partial charge in [-0.2, -0.15) is 0 Å². The van der Waals surface area contributed by atoms with E-state index in [0.29, 0.717) is 0 Å². The Kier molecular flexibility index (Phi) is 4.58. The molecule has 4 heteroatoms. The van der Waals surface area contributed by atoms with E-state index in [1.807, 2.05) is 37.5 Å². The lowest BCUT2D eigenvalue weighted by molar-refractivity contribution is 0.481. The molecule has 0 amide bonds. The molecular formula is C15H21N3O. The van der Waals surface area contributed by atoms with Crippen LogP contribution in [0.5, 0.6) is 0 Å². The highest BCUT2D eigenvalue weighted by molar-refractivity contribution is 5.51.